The van der Waals surface area contributed by atoms with Crippen LogP contribution in [0.3, 0.4) is 0 Å². The van der Waals surface area contributed by atoms with Crippen molar-refractivity contribution in [3.05, 3.63) is 48.6 Å². The maximum absolute atomic E-state index is 14.7. The van der Waals surface area contributed by atoms with E-state index in [1.165, 1.54) is 19.5 Å². The zero-order chi connectivity index (χ0) is 27.5. The molecule has 1 saturated carbocycles. The Morgan fingerprint density at radius 1 is 1.18 bits per heavy atom. The summed E-state index contributed by atoms with van der Waals surface area (Å²) < 4.78 is 50.5. The summed E-state index contributed by atoms with van der Waals surface area (Å²) in [5, 5.41) is 10.4. The van der Waals surface area contributed by atoms with E-state index in [1.54, 1.807) is 34.1 Å². The highest BCUT2D eigenvalue weighted by molar-refractivity contribution is 5.81. The van der Waals surface area contributed by atoms with Crippen molar-refractivity contribution in [1.29, 1.82) is 0 Å². The molecule has 5 heterocycles. The van der Waals surface area contributed by atoms with Gasteiger partial charge < -0.3 is 30.8 Å². The quantitative estimate of drug-likeness (QED) is 0.320. The number of imidazole rings is 1. The van der Waals surface area contributed by atoms with Crippen LogP contribution < -0.4 is 21.1 Å². The van der Waals surface area contributed by atoms with Crippen LogP contribution in [0.1, 0.15) is 24.8 Å². The Bertz CT molecular complexity index is 1570. The van der Waals surface area contributed by atoms with E-state index in [0.717, 1.165) is 0 Å². The average Bonchev–Trinajstić information content (AvgIpc) is 3.41. The number of halogens is 3. The molecule has 0 spiro atoms. The number of aliphatic hydroxyl groups excluding tert-OH is 1. The van der Waals surface area contributed by atoms with Gasteiger partial charge in [-0.3, -0.25) is 4.98 Å². The van der Waals surface area contributed by atoms with E-state index < -0.39 is 36.0 Å². The number of fused-ring (bicyclic) bond motifs is 2. The third kappa shape index (κ3) is 4.01. The molecule has 1 saturated heterocycles. The van der Waals surface area contributed by atoms with Crippen molar-refractivity contribution in [2.24, 2.45) is 5.73 Å². The SMILES string of the molecule is COc1ccc(-c2cc(Cn3cnc4c(N)ncnc43)c(N3CCC[C@@]4(N)C3CC(F)(F)[C@@H]4O)cn2)nc1F. The third-order valence-corrected chi connectivity index (χ3v) is 7.72. The van der Waals surface area contributed by atoms with Gasteiger partial charge in [0, 0.05) is 13.0 Å². The van der Waals surface area contributed by atoms with Crippen molar-refractivity contribution in [2.45, 2.75) is 49.4 Å². The molecule has 0 aromatic carbocycles. The molecule has 11 nitrogen and oxygen atoms in total. The Balaban J connectivity index is 1.47. The predicted octanol–water partition coefficient (Wildman–Crippen LogP) is 2.13. The molecule has 1 unspecified atom stereocenters. The first kappa shape index (κ1) is 25.2. The molecule has 204 valence electrons. The van der Waals surface area contributed by atoms with Crippen LogP contribution >= 0.6 is 0 Å². The normalized spacial score (nSPS) is 24.2. The summed E-state index contributed by atoms with van der Waals surface area (Å²) in [6.45, 7) is 0.645. The third-order valence-electron chi connectivity index (χ3n) is 7.72. The van der Waals surface area contributed by atoms with E-state index in [9.17, 15) is 18.3 Å². The molecular formula is C25H26F3N9O2. The molecule has 6 rings (SSSR count). The highest BCUT2D eigenvalue weighted by Gasteiger charge is 2.64. The number of nitrogens with zero attached hydrogens (tertiary/aromatic N) is 7. The van der Waals surface area contributed by atoms with Gasteiger partial charge in [0.2, 0.25) is 0 Å². The smallest absolute Gasteiger partial charge is 0.277 e. The molecule has 1 aliphatic carbocycles. The number of piperidine rings is 1. The molecule has 0 amide bonds. The highest BCUT2D eigenvalue weighted by Crippen LogP contribution is 2.49. The molecule has 4 aromatic rings. The number of aromatic nitrogens is 6. The number of alkyl halides is 2. The minimum Gasteiger partial charge on any atom is -0.492 e. The lowest BCUT2D eigenvalue weighted by atomic mass is 9.82. The first-order chi connectivity index (χ1) is 18.6. The topological polar surface area (TPSA) is 154 Å². The standard InChI is InChI=1S/C25H26F3N9O2/c1-39-17-4-3-14(35-20(17)26)15-7-13(10-36-12-34-19-21(29)32-11-33-22(19)36)16(9-31-15)37-6-2-5-24(30)18(37)8-25(27,28)23(24)38/h3-4,7,9,11-12,18,23,38H,2,5-6,8,10,30H2,1H3,(H2,29,32,33)/t18?,23-,24-/m1/s1. The molecule has 0 bridgehead atoms. The summed E-state index contributed by atoms with van der Waals surface area (Å²) in [4.78, 5) is 22.9. The Kier molecular flexibility index (Phi) is 5.84. The van der Waals surface area contributed by atoms with E-state index in [0.29, 0.717) is 41.1 Å². The second-order valence-corrected chi connectivity index (χ2v) is 9.98. The van der Waals surface area contributed by atoms with Crippen LogP contribution in [-0.4, -0.2) is 71.9 Å². The second-order valence-electron chi connectivity index (χ2n) is 9.98. The van der Waals surface area contributed by atoms with Gasteiger partial charge in [-0.1, -0.05) is 0 Å². The maximum Gasteiger partial charge on any atom is 0.277 e. The van der Waals surface area contributed by atoms with Crippen molar-refractivity contribution < 1.29 is 23.0 Å². The number of methoxy groups -OCH3 is 1. The number of hydrogen-bond acceptors (Lipinski definition) is 10. The van der Waals surface area contributed by atoms with Crippen molar-refractivity contribution in [1.82, 2.24) is 29.5 Å². The number of anilines is 2. The summed E-state index contributed by atoms with van der Waals surface area (Å²) in [6, 6.07) is 3.92. The Morgan fingerprint density at radius 3 is 2.77 bits per heavy atom. The largest absolute Gasteiger partial charge is 0.492 e. The zero-order valence-electron chi connectivity index (χ0n) is 20.9. The summed E-state index contributed by atoms with van der Waals surface area (Å²) in [5.41, 5.74) is 13.7. The average molecular weight is 542 g/mol. The van der Waals surface area contributed by atoms with Gasteiger partial charge in [-0.15, -0.1) is 0 Å². The number of aliphatic hydroxyl groups is 1. The fourth-order valence-corrected chi connectivity index (χ4v) is 5.77. The highest BCUT2D eigenvalue weighted by atomic mass is 19.3. The maximum atomic E-state index is 14.7. The van der Waals surface area contributed by atoms with Crippen LogP contribution in [0.25, 0.3) is 22.6 Å². The lowest BCUT2D eigenvalue weighted by Gasteiger charge is -2.46. The van der Waals surface area contributed by atoms with Gasteiger partial charge in [-0.2, -0.15) is 4.39 Å². The van der Waals surface area contributed by atoms with Crippen molar-refractivity contribution in [3.63, 3.8) is 0 Å². The summed E-state index contributed by atoms with van der Waals surface area (Å²) in [6.07, 6.45) is 2.65. The Labute approximate surface area is 220 Å². The summed E-state index contributed by atoms with van der Waals surface area (Å²) in [5.74, 6) is -3.90. The fourth-order valence-electron chi connectivity index (χ4n) is 5.77. The number of pyridine rings is 2. The van der Waals surface area contributed by atoms with Crippen LogP contribution in [-0.2, 0) is 6.54 Å². The van der Waals surface area contributed by atoms with Gasteiger partial charge in [-0.05, 0) is 36.6 Å². The van der Waals surface area contributed by atoms with Crippen molar-refractivity contribution in [2.75, 3.05) is 24.3 Å². The van der Waals surface area contributed by atoms with Gasteiger partial charge >= 0.3 is 0 Å². The van der Waals surface area contributed by atoms with E-state index in [2.05, 4.69) is 24.9 Å². The lowest BCUT2D eigenvalue weighted by molar-refractivity contribution is -0.104. The number of ether oxygens (including phenoxy) is 1. The monoisotopic (exact) mass is 541 g/mol. The molecule has 5 N–H and O–H groups in total. The number of rotatable bonds is 5. The van der Waals surface area contributed by atoms with Gasteiger partial charge in [0.25, 0.3) is 11.9 Å². The molecule has 0 radical (unpaired) electrons. The molecule has 2 fully saturated rings. The number of hydrogen-bond donors (Lipinski definition) is 3. The van der Waals surface area contributed by atoms with E-state index in [4.69, 9.17) is 16.2 Å². The minimum atomic E-state index is -3.32. The van der Waals surface area contributed by atoms with Gasteiger partial charge in [0.15, 0.2) is 17.2 Å². The van der Waals surface area contributed by atoms with Crippen LogP contribution in [0.2, 0.25) is 0 Å². The lowest BCUT2D eigenvalue weighted by Crippen LogP contribution is -2.64. The molecule has 1 aliphatic heterocycles. The van der Waals surface area contributed by atoms with Gasteiger partial charge in [0.1, 0.15) is 17.9 Å². The Hall–Kier alpha value is -4.04. The predicted molar refractivity (Wildman–Crippen MR) is 136 cm³/mol. The minimum absolute atomic E-state index is 0.00827. The van der Waals surface area contributed by atoms with Gasteiger partial charge in [-0.25, -0.2) is 28.7 Å². The fraction of sp³-hybridized carbons (Fsp3) is 0.400. The zero-order valence-corrected chi connectivity index (χ0v) is 20.9. The molecule has 4 aromatic heterocycles. The van der Waals surface area contributed by atoms with E-state index in [-0.39, 0.29) is 30.2 Å². The molecule has 3 atom stereocenters. The number of nitrogens with two attached hydrogens (primary N) is 2. The van der Waals surface area contributed by atoms with E-state index in [1.807, 2.05) is 0 Å². The Morgan fingerprint density at radius 2 is 2.00 bits per heavy atom. The van der Waals surface area contributed by atoms with Crippen LogP contribution in [0.5, 0.6) is 5.75 Å². The number of nitrogen functional groups attached to an aromatic ring is 1. The second kappa shape index (κ2) is 9.02. The molecule has 39 heavy (non-hydrogen) atoms. The first-order valence-electron chi connectivity index (χ1n) is 12.3. The summed E-state index contributed by atoms with van der Waals surface area (Å²) in [7, 11) is 1.34. The molecular weight excluding hydrogens is 515 g/mol. The van der Waals surface area contributed by atoms with Gasteiger partial charge in [0.05, 0.1) is 54.8 Å². The molecule has 2 aliphatic rings. The van der Waals surface area contributed by atoms with Crippen LogP contribution in [0, 0.1) is 5.95 Å². The first-order valence-corrected chi connectivity index (χ1v) is 12.3. The van der Waals surface area contributed by atoms with E-state index >= 15 is 0 Å². The van der Waals surface area contributed by atoms with Crippen molar-refractivity contribution >= 4 is 22.7 Å². The summed E-state index contributed by atoms with van der Waals surface area (Å²) >= 11 is 0. The van der Waals surface area contributed by atoms with Crippen LogP contribution in [0.4, 0.5) is 24.7 Å². The van der Waals surface area contributed by atoms with Crippen molar-refractivity contribution in [3.8, 4) is 17.1 Å². The van der Waals surface area contributed by atoms with Crippen LogP contribution in [0.15, 0.2) is 37.1 Å². The molecule has 14 heteroatoms.